The van der Waals surface area contributed by atoms with Gasteiger partial charge in [-0.05, 0) is 43.2 Å². The van der Waals surface area contributed by atoms with E-state index < -0.39 is 4.92 Å². The minimum Gasteiger partial charge on any atom is -0.495 e. The van der Waals surface area contributed by atoms with Crippen molar-refractivity contribution in [2.45, 2.75) is 20.3 Å². The number of benzene rings is 2. The minimum atomic E-state index is -0.511. The van der Waals surface area contributed by atoms with Crippen LogP contribution in [0.25, 0.3) is 0 Å². The van der Waals surface area contributed by atoms with Crippen molar-refractivity contribution in [1.82, 2.24) is 0 Å². The minimum absolute atomic E-state index is 0.103. The highest BCUT2D eigenvalue weighted by Crippen LogP contribution is 2.29. The number of aryl methyl sites for hydroxylation is 2. The summed E-state index contributed by atoms with van der Waals surface area (Å²) in [4.78, 5) is 24.7. The number of rotatable bonds is 7. The lowest BCUT2D eigenvalue weighted by Gasteiger charge is -2.20. The Kier molecular flexibility index (Phi) is 6.16. The maximum absolute atomic E-state index is 12.3. The molecule has 138 valence electrons. The topological polar surface area (TPSA) is 84.7 Å². The molecule has 1 N–H and O–H groups in total. The molecule has 0 heterocycles. The van der Waals surface area contributed by atoms with Gasteiger partial charge in [-0.1, -0.05) is 6.07 Å². The van der Waals surface area contributed by atoms with E-state index in [4.69, 9.17) is 4.74 Å². The van der Waals surface area contributed by atoms with Crippen molar-refractivity contribution in [2.24, 2.45) is 0 Å². The molecule has 0 unspecified atom stereocenters. The highest BCUT2D eigenvalue weighted by Gasteiger charge is 2.14. The lowest BCUT2D eigenvalue weighted by Crippen LogP contribution is -2.24. The number of non-ortho nitro benzene ring substituents is 1. The van der Waals surface area contributed by atoms with Gasteiger partial charge in [0.05, 0.1) is 17.7 Å². The second kappa shape index (κ2) is 8.33. The highest BCUT2D eigenvalue weighted by molar-refractivity contribution is 5.93. The van der Waals surface area contributed by atoms with Crippen molar-refractivity contribution < 1.29 is 14.5 Å². The molecule has 0 radical (unpaired) electrons. The van der Waals surface area contributed by atoms with Crippen molar-refractivity contribution >= 4 is 23.0 Å². The first-order valence-electron chi connectivity index (χ1n) is 8.22. The summed E-state index contributed by atoms with van der Waals surface area (Å²) in [6.45, 7) is 4.59. The molecule has 0 atom stereocenters. The van der Waals surface area contributed by atoms with Crippen LogP contribution in [-0.2, 0) is 4.79 Å². The van der Waals surface area contributed by atoms with Crippen molar-refractivity contribution in [3.63, 3.8) is 0 Å². The molecule has 26 heavy (non-hydrogen) atoms. The number of carbonyl (C=O) groups is 1. The van der Waals surface area contributed by atoms with Gasteiger partial charge in [-0.3, -0.25) is 14.9 Å². The summed E-state index contributed by atoms with van der Waals surface area (Å²) in [6.07, 6.45) is 0.245. The number of nitrogens with one attached hydrogen (secondary N) is 1. The normalized spacial score (nSPS) is 10.3. The lowest BCUT2D eigenvalue weighted by atomic mass is 10.1. The zero-order chi connectivity index (χ0) is 19.3. The number of nitro groups is 1. The van der Waals surface area contributed by atoms with E-state index in [9.17, 15) is 14.9 Å². The second-order valence-corrected chi connectivity index (χ2v) is 6.21. The predicted molar refractivity (Wildman–Crippen MR) is 102 cm³/mol. The van der Waals surface area contributed by atoms with Crippen molar-refractivity contribution in [2.75, 3.05) is 30.9 Å². The molecule has 0 aliphatic heterocycles. The number of anilines is 2. The number of hydrogen-bond donors (Lipinski definition) is 1. The molecule has 2 rings (SSSR count). The van der Waals surface area contributed by atoms with E-state index in [2.05, 4.69) is 23.5 Å². The Hall–Kier alpha value is -3.09. The summed E-state index contributed by atoms with van der Waals surface area (Å²) >= 11 is 0. The molecule has 0 fully saturated rings. The van der Waals surface area contributed by atoms with E-state index in [0.29, 0.717) is 18.0 Å². The third-order valence-electron chi connectivity index (χ3n) is 3.99. The third-order valence-corrected chi connectivity index (χ3v) is 3.99. The Bertz CT molecular complexity index is 800. The van der Waals surface area contributed by atoms with Crippen LogP contribution in [0.4, 0.5) is 17.1 Å². The Morgan fingerprint density at radius 2 is 1.85 bits per heavy atom. The van der Waals surface area contributed by atoms with E-state index in [1.165, 1.54) is 25.3 Å². The molecular formula is C19H23N3O4. The van der Waals surface area contributed by atoms with E-state index >= 15 is 0 Å². The van der Waals surface area contributed by atoms with Crippen molar-refractivity contribution in [3.05, 3.63) is 57.6 Å². The Labute approximate surface area is 152 Å². The second-order valence-electron chi connectivity index (χ2n) is 6.21. The number of hydrogen-bond acceptors (Lipinski definition) is 5. The summed E-state index contributed by atoms with van der Waals surface area (Å²) in [7, 11) is 3.38. The van der Waals surface area contributed by atoms with Gasteiger partial charge in [0.25, 0.3) is 5.69 Å². The van der Waals surface area contributed by atoms with Gasteiger partial charge < -0.3 is 15.0 Å². The van der Waals surface area contributed by atoms with E-state index in [0.717, 1.165) is 16.8 Å². The van der Waals surface area contributed by atoms with Crippen LogP contribution < -0.4 is 15.0 Å². The number of nitro benzene ring substituents is 1. The highest BCUT2D eigenvalue weighted by atomic mass is 16.6. The summed E-state index contributed by atoms with van der Waals surface area (Å²) in [5.74, 6) is 0.145. The zero-order valence-electron chi connectivity index (χ0n) is 15.4. The quantitative estimate of drug-likeness (QED) is 0.603. The van der Waals surface area contributed by atoms with Gasteiger partial charge in [-0.25, -0.2) is 0 Å². The molecule has 7 nitrogen and oxygen atoms in total. The average Bonchev–Trinajstić information content (AvgIpc) is 2.58. The number of ether oxygens (including phenoxy) is 1. The summed E-state index contributed by atoms with van der Waals surface area (Å²) < 4.78 is 5.15. The zero-order valence-corrected chi connectivity index (χ0v) is 15.4. The van der Waals surface area contributed by atoms with Crippen LogP contribution in [0.1, 0.15) is 17.5 Å². The first kappa shape index (κ1) is 19.2. The van der Waals surface area contributed by atoms with Crippen LogP contribution in [0.5, 0.6) is 5.75 Å². The van der Waals surface area contributed by atoms with Crippen LogP contribution in [0.2, 0.25) is 0 Å². The maximum Gasteiger partial charge on any atom is 0.271 e. The Balaban J connectivity index is 2.02. The predicted octanol–water partition coefficient (Wildman–Crippen LogP) is 3.69. The SMILES string of the molecule is COc1ccc([N+](=O)[O-])cc1NC(=O)CCN(C)c1cc(C)cc(C)c1. The fourth-order valence-electron chi connectivity index (χ4n) is 2.69. The molecule has 0 bridgehead atoms. The first-order valence-corrected chi connectivity index (χ1v) is 8.22. The third kappa shape index (κ3) is 4.95. The molecule has 0 aliphatic carbocycles. The molecule has 0 saturated heterocycles. The van der Waals surface area contributed by atoms with Gasteiger partial charge >= 0.3 is 0 Å². The van der Waals surface area contributed by atoms with Crippen LogP contribution >= 0.6 is 0 Å². The molecule has 0 saturated carbocycles. The van der Waals surface area contributed by atoms with Crippen LogP contribution in [0, 0.1) is 24.0 Å². The monoisotopic (exact) mass is 357 g/mol. The molecule has 7 heteroatoms. The van der Waals surface area contributed by atoms with Crippen LogP contribution in [-0.4, -0.2) is 31.5 Å². The van der Waals surface area contributed by atoms with Crippen molar-refractivity contribution in [1.29, 1.82) is 0 Å². The smallest absolute Gasteiger partial charge is 0.271 e. The Morgan fingerprint density at radius 3 is 2.42 bits per heavy atom. The first-order chi connectivity index (χ1) is 12.3. The van der Waals surface area contributed by atoms with E-state index in [1.807, 2.05) is 25.8 Å². The van der Waals surface area contributed by atoms with Crippen LogP contribution in [0.15, 0.2) is 36.4 Å². The van der Waals surface area contributed by atoms with Gasteiger partial charge in [-0.15, -0.1) is 0 Å². The van der Waals surface area contributed by atoms with Crippen LogP contribution in [0.3, 0.4) is 0 Å². The maximum atomic E-state index is 12.3. The van der Waals surface area contributed by atoms with Gasteiger partial charge in [0.2, 0.25) is 5.91 Å². The Morgan fingerprint density at radius 1 is 1.19 bits per heavy atom. The van der Waals surface area contributed by atoms with E-state index in [-0.39, 0.29) is 18.0 Å². The number of nitrogens with zero attached hydrogens (tertiary/aromatic N) is 2. The molecule has 0 aliphatic rings. The van der Waals surface area contributed by atoms with E-state index in [1.54, 1.807) is 0 Å². The molecule has 2 aromatic rings. The molecule has 2 aromatic carbocycles. The molecular weight excluding hydrogens is 334 g/mol. The number of amides is 1. The summed E-state index contributed by atoms with van der Waals surface area (Å²) in [6, 6.07) is 10.3. The van der Waals surface area contributed by atoms with Gasteiger partial charge in [-0.2, -0.15) is 0 Å². The fourth-order valence-corrected chi connectivity index (χ4v) is 2.69. The standard InChI is InChI=1S/C19H23N3O4/c1-13-9-14(2)11-16(10-13)21(3)8-7-19(23)20-17-12-15(22(24)25)5-6-18(17)26-4/h5-6,9-12H,7-8H2,1-4H3,(H,20,23). The molecule has 0 aromatic heterocycles. The van der Waals surface area contributed by atoms with Gasteiger partial charge in [0, 0.05) is 37.8 Å². The van der Waals surface area contributed by atoms with Crippen molar-refractivity contribution in [3.8, 4) is 5.75 Å². The number of methoxy groups -OCH3 is 1. The summed E-state index contributed by atoms with van der Waals surface area (Å²) in [5, 5.41) is 13.6. The molecule has 1 amide bonds. The fraction of sp³-hybridized carbons (Fsp3) is 0.316. The lowest BCUT2D eigenvalue weighted by molar-refractivity contribution is -0.384. The average molecular weight is 357 g/mol. The van der Waals surface area contributed by atoms with Gasteiger partial charge in [0.1, 0.15) is 5.75 Å². The van der Waals surface area contributed by atoms with Gasteiger partial charge in [0.15, 0.2) is 0 Å². The summed E-state index contributed by atoms with van der Waals surface area (Å²) in [5.41, 5.74) is 3.56. The largest absolute Gasteiger partial charge is 0.495 e. The number of carbonyl (C=O) groups excluding carboxylic acids is 1. The molecule has 0 spiro atoms.